The van der Waals surface area contributed by atoms with Crippen LogP contribution in [-0.4, -0.2) is 13.1 Å². The molecule has 0 N–H and O–H groups in total. The Balaban J connectivity index is 2.90. The summed E-state index contributed by atoms with van der Waals surface area (Å²) in [5.74, 6) is 0.397. The van der Waals surface area contributed by atoms with E-state index in [-0.39, 0.29) is 11.9 Å². The molecule has 0 aromatic heterocycles. The molecular formula is C11H18O2. The van der Waals surface area contributed by atoms with E-state index < -0.39 is 0 Å². The molecule has 2 unspecified atom stereocenters. The second-order valence-electron chi connectivity index (χ2n) is 4.04. The largest absolute Gasteiger partial charge is 0.469 e. The maximum atomic E-state index is 11.5. The molecule has 0 saturated heterocycles. The van der Waals surface area contributed by atoms with Crippen molar-refractivity contribution < 1.29 is 9.53 Å². The quantitative estimate of drug-likeness (QED) is 0.460. The first-order valence-corrected chi connectivity index (χ1v) is 4.82. The highest BCUT2D eigenvalue weighted by Gasteiger charge is 2.35. The molecule has 1 fully saturated rings. The fourth-order valence-corrected chi connectivity index (χ4v) is 2.11. The minimum atomic E-state index is -0.0683. The molecule has 0 spiro atoms. The van der Waals surface area contributed by atoms with Crippen molar-refractivity contribution in [3.05, 3.63) is 11.1 Å². The van der Waals surface area contributed by atoms with Gasteiger partial charge in [0.25, 0.3) is 0 Å². The highest BCUT2D eigenvalue weighted by Crippen LogP contribution is 2.38. The van der Waals surface area contributed by atoms with Crippen LogP contribution in [0.3, 0.4) is 0 Å². The number of carbonyl (C=O) groups is 1. The van der Waals surface area contributed by atoms with Crippen LogP contribution in [0.25, 0.3) is 0 Å². The highest BCUT2D eigenvalue weighted by molar-refractivity contribution is 5.76. The topological polar surface area (TPSA) is 26.3 Å². The van der Waals surface area contributed by atoms with Crippen molar-refractivity contribution in [3.63, 3.8) is 0 Å². The maximum absolute atomic E-state index is 11.5. The fraction of sp³-hybridized carbons (Fsp3) is 0.727. The van der Waals surface area contributed by atoms with E-state index in [0.29, 0.717) is 5.92 Å². The van der Waals surface area contributed by atoms with Crippen molar-refractivity contribution in [2.24, 2.45) is 11.8 Å². The lowest BCUT2D eigenvalue weighted by Gasteiger charge is -2.15. The van der Waals surface area contributed by atoms with Gasteiger partial charge in [-0.3, -0.25) is 4.79 Å². The first kappa shape index (κ1) is 10.3. The van der Waals surface area contributed by atoms with Gasteiger partial charge in [-0.2, -0.15) is 0 Å². The van der Waals surface area contributed by atoms with Crippen LogP contribution < -0.4 is 0 Å². The number of hydrogen-bond acceptors (Lipinski definition) is 2. The van der Waals surface area contributed by atoms with Gasteiger partial charge in [0.1, 0.15) is 0 Å². The third-order valence-electron chi connectivity index (χ3n) is 2.91. The molecule has 0 bridgehead atoms. The van der Waals surface area contributed by atoms with Crippen molar-refractivity contribution in [3.8, 4) is 0 Å². The predicted molar refractivity (Wildman–Crippen MR) is 52.3 cm³/mol. The van der Waals surface area contributed by atoms with Gasteiger partial charge in [-0.1, -0.05) is 18.1 Å². The molecular weight excluding hydrogens is 164 g/mol. The number of hydrogen-bond donors (Lipinski definition) is 0. The van der Waals surface area contributed by atoms with E-state index in [1.54, 1.807) is 0 Å². The molecule has 0 aliphatic heterocycles. The summed E-state index contributed by atoms with van der Waals surface area (Å²) in [6, 6.07) is 0. The van der Waals surface area contributed by atoms with Crippen LogP contribution in [0.5, 0.6) is 0 Å². The predicted octanol–water partition coefficient (Wildman–Crippen LogP) is 2.54. The average Bonchev–Trinajstić information content (AvgIpc) is 2.46. The average molecular weight is 182 g/mol. The molecule has 1 aliphatic carbocycles. The zero-order valence-electron chi connectivity index (χ0n) is 8.89. The molecule has 0 amide bonds. The zero-order valence-corrected chi connectivity index (χ0v) is 8.89. The van der Waals surface area contributed by atoms with Gasteiger partial charge in [-0.15, -0.1) is 0 Å². The van der Waals surface area contributed by atoms with Gasteiger partial charge < -0.3 is 4.74 Å². The normalized spacial score (nSPS) is 27.5. The molecule has 1 aliphatic rings. The van der Waals surface area contributed by atoms with Gasteiger partial charge in [0.2, 0.25) is 0 Å². The number of allylic oxidation sites excluding steroid dienone is 1. The Morgan fingerprint density at radius 1 is 1.46 bits per heavy atom. The number of methoxy groups -OCH3 is 1. The van der Waals surface area contributed by atoms with Gasteiger partial charge in [0.05, 0.1) is 13.0 Å². The van der Waals surface area contributed by atoms with Crippen LogP contribution in [0.2, 0.25) is 0 Å². The van der Waals surface area contributed by atoms with Crippen molar-refractivity contribution >= 4 is 5.97 Å². The Labute approximate surface area is 80.0 Å². The smallest absolute Gasteiger partial charge is 0.313 e. The zero-order chi connectivity index (χ0) is 10.0. The highest BCUT2D eigenvalue weighted by atomic mass is 16.5. The number of rotatable bonds is 1. The van der Waals surface area contributed by atoms with Gasteiger partial charge in [0, 0.05) is 0 Å². The van der Waals surface area contributed by atoms with Crippen LogP contribution in [0.1, 0.15) is 33.6 Å². The summed E-state index contributed by atoms with van der Waals surface area (Å²) < 4.78 is 4.81. The van der Waals surface area contributed by atoms with E-state index in [1.165, 1.54) is 18.3 Å². The van der Waals surface area contributed by atoms with E-state index in [1.807, 2.05) is 0 Å². The van der Waals surface area contributed by atoms with E-state index in [9.17, 15) is 4.79 Å². The summed E-state index contributed by atoms with van der Waals surface area (Å²) in [4.78, 5) is 11.5. The Bertz CT molecular complexity index is 236. The van der Waals surface area contributed by atoms with Crippen molar-refractivity contribution in [1.82, 2.24) is 0 Å². The molecule has 2 nitrogen and oxygen atoms in total. The summed E-state index contributed by atoms with van der Waals surface area (Å²) in [6.07, 6.45) is 2.17. The van der Waals surface area contributed by atoms with Crippen molar-refractivity contribution in [2.45, 2.75) is 33.6 Å². The lowest BCUT2D eigenvalue weighted by Crippen LogP contribution is -2.20. The second-order valence-corrected chi connectivity index (χ2v) is 4.04. The number of ether oxygens (including phenoxy) is 1. The van der Waals surface area contributed by atoms with Gasteiger partial charge in [-0.05, 0) is 32.6 Å². The van der Waals surface area contributed by atoms with Gasteiger partial charge in [-0.25, -0.2) is 0 Å². The molecule has 1 saturated carbocycles. The SMILES string of the molecule is COC(=O)C1C(=C(C)C)CCC1C. The van der Waals surface area contributed by atoms with Crippen LogP contribution in [-0.2, 0) is 9.53 Å². The summed E-state index contributed by atoms with van der Waals surface area (Å²) >= 11 is 0. The molecule has 0 aromatic carbocycles. The molecule has 0 heterocycles. The maximum Gasteiger partial charge on any atom is 0.313 e. The Morgan fingerprint density at radius 3 is 2.54 bits per heavy atom. The summed E-state index contributed by atoms with van der Waals surface area (Å²) in [5, 5.41) is 0. The minimum absolute atomic E-state index is 0.0231. The molecule has 2 atom stereocenters. The van der Waals surface area contributed by atoms with Crippen LogP contribution in [0.15, 0.2) is 11.1 Å². The standard InChI is InChI=1S/C11H18O2/c1-7(2)9-6-5-8(3)10(9)11(12)13-4/h8,10H,5-6H2,1-4H3. The molecule has 74 valence electrons. The molecule has 0 radical (unpaired) electrons. The van der Waals surface area contributed by atoms with Crippen LogP contribution >= 0.6 is 0 Å². The van der Waals surface area contributed by atoms with Crippen molar-refractivity contribution in [2.75, 3.05) is 7.11 Å². The second kappa shape index (κ2) is 3.95. The third-order valence-corrected chi connectivity index (χ3v) is 2.91. The van der Waals surface area contributed by atoms with Crippen LogP contribution in [0, 0.1) is 11.8 Å². The molecule has 2 heteroatoms. The monoisotopic (exact) mass is 182 g/mol. The lowest BCUT2D eigenvalue weighted by molar-refractivity contribution is -0.145. The summed E-state index contributed by atoms with van der Waals surface area (Å²) in [7, 11) is 1.47. The summed E-state index contributed by atoms with van der Waals surface area (Å²) in [5.41, 5.74) is 2.57. The Kier molecular flexibility index (Phi) is 3.12. The van der Waals surface area contributed by atoms with E-state index in [2.05, 4.69) is 20.8 Å². The van der Waals surface area contributed by atoms with Gasteiger partial charge in [0.15, 0.2) is 0 Å². The Hall–Kier alpha value is -0.790. The van der Waals surface area contributed by atoms with E-state index in [0.717, 1.165) is 12.8 Å². The van der Waals surface area contributed by atoms with Gasteiger partial charge >= 0.3 is 5.97 Å². The van der Waals surface area contributed by atoms with E-state index in [4.69, 9.17) is 4.74 Å². The third kappa shape index (κ3) is 1.93. The number of esters is 1. The summed E-state index contributed by atoms with van der Waals surface area (Å²) in [6.45, 7) is 6.27. The first-order chi connectivity index (χ1) is 6.07. The van der Waals surface area contributed by atoms with E-state index >= 15 is 0 Å². The Morgan fingerprint density at radius 2 is 2.08 bits per heavy atom. The molecule has 1 rings (SSSR count). The lowest BCUT2D eigenvalue weighted by atomic mass is 9.93. The molecule has 0 aromatic rings. The minimum Gasteiger partial charge on any atom is -0.469 e. The molecule has 13 heavy (non-hydrogen) atoms. The van der Waals surface area contributed by atoms with Crippen molar-refractivity contribution in [1.29, 1.82) is 0 Å². The fourth-order valence-electron chi connectivity index (χ4n) is 2.11. The van der Waals surface area contributed by atoms with Crippen LogP contribution in [0.4, 0.5) is 0 Å². The first-order valence-electron chi connectivity index (χ1n) is 4.82. The number of carbonyl (C=O) groups excluding carboxylic acids is 1.